The number of rotatable bonds is 5. The average Bonchev–Trinajstić information content (AvgIpc) is 2.81. The number of amides is 2. The van der Waals surface area contributed by atoms with Gasteiger partial charge in [0.25, 0.3) is 0 Å². The Morgan fingerprint density at radius 3 is 2.60 bits per heavy atom. The Labute approximate surface area is 150 Å². The van der Waals surface area contributed by atoms with Crippen molar-refractivity contribution < 1.29 is 18.8 Å². The van der Waals surface area contributed by atoms with Crippen LogP contribution in [0.5, 0.6) is 0 Å². The number of aliphatic hydroxyl groups is 1. The van der Waals surface area contributed by atoms with Crippen molar-refractivity contribution in [1.82, 2.24) is 9.91 Å². The fourth-order valence-corrected chi connectivity index (χ4v) is 5.92. The summed E-state index contributed by atoms with van der Waals surface area (Å²) in [6.07, 6.45) is 3.65. The van der Waals surface area contributed by atoms with E-state index < -0.39 is 42.0 Å². The predicted molar refractivity (Wildman–Crippen MR) is 88.8 cm³/mol. The van der Waals surface area contributed by atoms with E-state index in [1.54, 1.807) is 0 Å². The molecule has 25 heavy (non-hydrogen) atoms. The van der Waals surface area contributed by atoms with Gasteiger partial charge in [0.2, 0.25) is 11.8 Å². The molecule has 2 unspecified atom stereocenters. The van der Waals surface area contributed by atoms with Crippen LogP contribution in [-0.2, 0) is 9.59 Å². The highest BCUT2D eigenvalue weighted by atomic mass is 16.3. The van der Waals surface area contributed by atoms with Crippen molar-refractivity contribution in [3.05, 3.63) is 4.91 Å². The molecule has 138 valence electrons. The van der Waals surface area contributed by atoms with Gasteiger partial charge in [-0.3, -0.25) is 9.59 Å². The number of hydrogen-bond donors (Lipinski definition) is 2. The zero-order valence-corrected chi connectivity index (χ0v) is 14.1. The highest BCUT2D eigenvalue weighted by molar-refractivity contribution is 5.88. The molecule has 4 saturated carbocycles. The molecule has 4 bridgehead atoms. The van der Waals surface area contributed by atoms with E-state index in [0.717, 1.165) is 11.4 Å². The van der Waals surface area contributed by atoms with Crippen LogP contribution in [0.1, 0.15) is 55.5 Å². The second kappa shape index (κ2) is 5.65. The predicted octanol–water partition coefficient (Wildman–Crippen LogP) is 0.530. The number of nitrogens with zero attached hydrogens (tertiary/aromatic N) is 3. The molecular weight excluding hydrogens is 324 g/mol. The maximum absolute atomic E-state index is 13.0. The Morgan fingerprint density at radius 1 is 1.36 bits per heavy atom. The van der Waals surface area contributed by atoms with Gasteiger partial charge in [-0.2, -0.15) is 0 Å². The minimum Gasteiger partial charge on any atom is -0.390 e. The van der Waals surface area contributed by atoms with Crippen LogP contribution >= 0.6 is 0 Å². The number of carbonyl (C=O) groups excluding carboxylic acids is 2. The zero-order chi connectivity index (χ0) is 20.5. The van der Waals surface area contributed by atoms with Gasteiger partial charge in [-0.05, 0) is 56.8 Å². The van der Waals surface area contributed by atoms with Gasteiger partial charge in [-0.1, -0.05) is 0 Å². The van der Waals surface area contributed by atoms with Gasteiger partial charge in [0.1, 0.15) is 12.6 Å². The van der Waals surface area contributed by atoms with E-state index in [1.165, 1.54) is 0 Å². The standard InChI is InChI=1S/C17H26N4O4/c18-15(23)13-2-1-3-20(13)14(22)9-21(19-25)16-5-11-4-12(6-16)8-17(24,7-11)10-16/h11-13,24H,1-10H2,(H2,18,23)/t11-,12+,13-,16?,17?/m0/s1/i3D2,13D. The topological polar surface area (TPSA) is 116 Å². The van der Waals surface area contributed by atoms with Gasteiger partial charge >= 0.3 is 0 Å². The summed E-state index contributed by atoms with van der Waals surface area (Å²) in [4.78, 5) is 37.1. The lowest BCUT2D eigenvalue weighted by Gasteiger charge is -2.61. The summed E-state index contributed by atoms with van der Waals surface area (Å²) >= 11 is 0. The molecule has 4 aliphatic carbocycles. The molecule has 5 atom stereocenters. The summed E-state index contributed by atoms with van der Waals surface area (Å²) in [5.41, 5.74) is 3.70. The van der Waals surface area contributed by atoms with Crippen LogP contribution in [0.2, 0.25) is 0 Å². The van der Waals surface area contributed by atoms with Crippen molar-refractivity contribution in [2.75, 3.05) is 13.0 Å². The highest BCUT2D eigenvalue weighted by Gasteiger charge is 2.60. The maximum Gasteiger partial charge on any atom is 0.244 e. The van der Waals surface area contributed by atoms with E-state index in [1.807, 2.05) is 0 Å². The first-order chi connectivity index (χ1) is 12.9. The van der Waals surface area contributed by atoms with Gasteiger partial charge in [-0.25, -0.2) is 5.01 Å². The zero-order valence-electron chi connectivity index (χ0n) is 17.1. The molecule has 8 nitrogen and oxygen atoms in total. The van der Waals surface area contributed by atoms with Crippen LogP contribution in [0.3, 0.4) is 0 Å². The summed E-state index contributed by atoms with van der Waals surface area (Å²) < 4.78 is 24.4. The third kappa shape index (κ3) is 2.70. The van der Waals surface area contributed by atoms with Crippen LogP contribution in [0, 0.1) is 16.7 Å². The molecule has 1 aliphatic heterocycles. The second-order valence-corrected chi connectivity index (χ2v) is 8.25. The fraction of sp³-hybridized carbons (Fsp3) is 0.882. The third-order valence-electron chi connectivity index (χ3n) is 6.37. The Kier molecular flexibility index (Phi) is 3.05. The molecule has 5 aliphatic rings. The molecule has 3 N–H and O–H groups in total. The molecule has 5 fully saturated rings. The monoisotopic (exact) mass is 353 g/mol. The number of hydrogen-bond acceptors (Lipinski definition) is 5. The van der Waals surface area contributed by atoms with Crippen LogP contribution < -0.4 is 5.73 Å². The quantitative estimate of drug-likeness (QED) is 0.552. The second-order valence-electron chi connectivity index (χ2n) is 8.25. The average molecular weight is 353 g/mol. The molecular formula is C17H26N4O4. The number of carbonyl (C=O) groups is 2. The van der Waals surface area contributed by atoms with Gasteiger partial charge in [0, 0.05) is 15.7 Å². The molecule has 5 rings (SSSR count). The highest BCUT2D eigenvalue weighted by Crippen LogP contribution is 2.59. The first-order valence-electron chi connectivity index (χ1n) is 10.4. The Morgan fingerprint density at radius 2 is 2.04 bits per heavy atom. The van der Waals surface area contributed by atoms with Crippen molar-refractivity contribution in [2.45, 2.75) is 68.5 Å². The lowest BCUT2D eigenvalue weighted by atomic mass is 9.51. The molecule has 0 aromatic heterocycles. The number of nitroso groups, excluding NO2 is 1. The lowest BCUT2D eigenvalue weighted by molar-refractivity contribution is -0.179. The van der Waals surface area contributed by atoms with E-state index in [4.69, 9.17) is 9.85 Å². The molecule has 8 heteroatoms. The SMILES string of the molecule is [2H]C1([2H])CC[C@@]([2H])(C(N)=O)N1C(=O)CN(N=O)C12C[C@@H]3C[C@@H](CC(O)(C3)C1)C2. The summed E-state index contributed by atoms with van der Waals surface area (Å²) in [5, 5.41) is 15.1. The molecule has 0 radical (unpaired) electrons. The summed E-state index contributed by atoms with van der Waals surface area (Å²) in [7, 11) is 0. The molecule has 0 aromatic carbocycles. The van der Waals surface area contributed by atoms with Crippen molar-refractivity contribution in [3.8, 4) is 0 Å². The van der Waals surface area contributed by atoms with Gasteiger partial charge < -0.3 is 15.7 Å². The van der Waals surface area contributed by atoms with Crippen molar-refractivity contribution in [2.24, 2.45) is 22.9 Å². The van der Waals surface area contributed by atoms with Crippen LogP contribution in [0.4, 0.5) is 0 Å². The maximum atomic E-state index is 13.0. The van der Waals surface area contributed by atoms with Crippen molar-refractivity contribution in [1.29, 1.82) is 0 Å². The Hall–Kier alpha value is -1.70. The number of likely N-dealkylation sites (tertiary alicyclic amines) is 1. The normalized spacial score (nSPS) is 48.5. The molecule has 2 amide bonds. The van der Waals surface area contributed by atoms with Crippen molar-refractivity contribution in [3.63, 3.8) is 0 Å². The van der Waals surface area contributed by atoms with Gasteiger partial charge in [0.05, 0.1) is 17.8 Å². The van der Waals surface area contributed by atoms with E-state index in [0.29, 0.717) is 37.0 Å². The molecule has 0 spiro atoms. The van der Waals surface area contributed by atoms with E-state index in [9.17, 15) is 19.6 Å². The van der Waals surface area contributed by atoms with Crippen molar-refractivity contribution >= 4 is 11.8 Å². The summed E-state index contributed by atoms with van der Waals surface area (Å²) in [5.74, 6) is -1.43. The van der Waals surface area contributed by atoms with Crippen LogP contribution in [0.25, 0.3) is 0 Å². The molecule has 1 heterocycles. The molecule has 1 saturated heterocycles. The number of nitrogens with two attached hydrogens (primary N) is 1. The Balaban J connectivity index is 1.60. The smallest absolute Gasteiger partial charge is 0.244 e. The van der Waals surface area contributed by atoms with Crippen LogP contribution in [0.15, 0.2) is 5.29 Å². The number of primary amides is 1. The molecule has 0 aromatic rings. The minimum atomic E-state index is -2.21. The summed E-state index contributed by atoms with van der Waals surface area (Å²) in [6, 6.07) is -2.19. The first-order valence-corrected chi connectivity index (χ1v) is 8.90. The van der Waals surface area contributed by atoms with E-state index >= 15 is 0 Å². The lowest BCUT2D eigenvalue weighted by Crippen LogP contribution is -2.65. The minimum absolute atomic E-state index is 0.186. The van der Waals surface area contributed by atoms with E-state index in [2.05, 4.69) is 5.29 Å². The van der Waals surface area contributed by atoms with Gasteiger partial charge in [-0.15, -0.1) is 4.91 Å². The summed E-state index contributed by atoms with van der Waals surface area (Å²) in [6.45, 7) is -2.74. The van der Waals surface area contributed by atoms with Crippen LogP contribution in [-0.4, -0.2) is 57.0 Å². The van der Waals surface area contributed by atoms with E-state index in [-0.39, 0.29) is 24.7 Å². The largest absolute Gasteiger partial charge is 0.390 e. The first kappa shape index (κ1) is 13.5. The fourth-order valence-electron chi connectivity index (χ4n) is 5.92. The van der Waals surface area contributed by atoms with Gasteiger partial charge in [0.15, 0.2) is 0 Å². The third-order valence-corrected chi connectivity index (χ3v) is 6.37. The Bertz CT molecular complexity index is 721.